The second-order valence-corrected chi connectivity index (χ2v) is 10.4. The molecule has 1 N–H and O–H groups in total. The van der Waals surface area contributed by atoms with E-state index in [0.717, 1.165) is 33.4 Å². The van der Waals surface area contributed by atoms with E-state index in [9.17, 15) is 14.5 Å². The van der Waals surface area contributed by atoms with E-state index in [1.54, 1.807) is 30.3 Å². The summed E-state index contributed by atoms with van der Waals surface area (Å²) in [5, 5.41) is 0.270. The molecule has 3 rings (SSSR count). The van der Waals surface area contributed by atoms with E-state index in [1.165, 1.54) is 0 Å². The van der Waals surface area contributed by atoms with Gasteiger partial charge in [0, 0.05) is 0 Å². The summed E-state index contributed by atoms with van der Waals surface area (Å²) in [7, 11) is -4.44. The molecule has 0 saturated heterocycles. The Hall–Kier alpha value is -3.01. The molecule has 5 nitrogen and oxygen atoms in total. The van der Waals surface area contributed by atoms with Gasteiger partial charge in [-0.2, -0.15) is 0 Å². The van der Waals surface area contributed by atoms with E-state index in [-0.39, 0.29) is 5.30 Å². The third-order valence-electron chi connectivity index (χ3n) is 5.36. The molecule has 0 aliphatic carbocycles. The van der Waals surface area contributed by atoms with Crippen LogP contribution in [0.15, 0.2) is 54.6 Å². The van der Waals surface area contributed by atoms with Crippen molar-refractivity contribution in [2.24, 2.45) is 0 Å². The molecular weight excluding hydrogens is 423 g/mol. The van der Waals surface area contributed by atoms with Crippen molar-refractivity contribution in [2.75, 3.05) is 0 Å². The molecule has 0 unspecified atom stereocenters. The van der Waals surface area contributed by atoms with Crippen LogP contribution in [-0.2, 0) is 9.05 Å². The number of rotatable bonds is 5. The van der Waals surface area contributed by atoms with Gasteiger partial charge in [-0.05, 0) is 0 Å². The molecule has 0 fully saturated rings. The third kappa shape index (κ3) is 4.90. The summed E-state index contributed by atoms with van der Waals surface area (Å²) in [5.74, 6) is -1.44. The molecule has 0 aliphatic rings. The summed E-state index contributed by atoms with van der Waals surface area (Å²) in [4.78, 5) is 37.8. The predicted octanol–water partition coefficient (Wildman–Crippen LogP) is 5.36. The number of aryl methyl sites for hydroxylation is 6. The Morgan fingerprint density at radius 2 is 1.00 bits per heavy atom. The van der Waals surface area contributed by atoms with Gasteiger partial charge in [0.25, 0.3) is 0 Å². The van der Waals surface area contributed by atoms with Gasteiger partial charge in [-0.1, -0.05) is 0 Å². The van der Waals surface area contributed by atoms with Gasteiger partial charge in [-0.25, -0.2) is 0 Å². The van der Waals surface area contributed by atoms with Crippen LogP contribution in [0.4, 0.5) is 0 Å². The van der Waals surface area contributed by atoms with Gasteiger partial charge in [-0.3, -0.25) is 0 Å². The fraction of sp³-hybridized carbons (Fsp3) is 0.231. The molecular formula is C26H29O5P. The molecule has 168 valence electrons. The first-order valence-corrected chi connectivity index (χ1v) is 12.2. The normalized spacial score (nSPS) is 11.7. The zero-order valence-electron chi connectivity index (χ0n) is 19.3. The molecule has 0 bridgehead atoms. The van der Waals surface area contributed by atoms with Crippen molar-refractivity contribution in [2.45, 2.75) is 41.5 Å². The van der Waals surface area contributed by atoms with Crippen molar-refractivity contribution in [3.8, 4) is 0 Å². The van der Waals surface area contributed by atoms with Gasteiger partial charge in [-0.15, -0.1) is 0 Å². The van der Waals surface area contributed by atoms with E-state index in [0.29, 0.717) is 11.1 Å². The summed E-state index contributed by atoms with van der Waals surface area (Å²) < 4.78 is 11.2. The Balaban J connectivity index is 2.02. The van der Waals surface area contributed by atoms with Gasteiger partial charge >= 0.3 is 189 Å². The van der Waals surface area contributed by atoms with Crippen molar-refractivity contribution >= 4 is 25.2 Å². The fourth-order valence-corrected chi connectivity index (χ4v) is 5.74. The van der Waals surface area contributed by atoms with Crippen molar-refractivity contribution in [3.63, 3.8) is 0 Å². The van der Waals surface area contributed by atoms with Gasteiger partial charge in [0.05, 0.1) is 0 Å². The van der Waals surface area contributed by atoms with E-state index in [4.69, 9.17) is 9.05 Å². The Kier molecular flexibility index (Phi) is 6.82. The zero-order chi connectivity index (χ0) is 23.6. The van der Waals surface area contributed by atoms with Crippen molar-refractivity contribution in [3.05, 3.63) is 99.1 Å². The summed E-state index contributed by atoms with van der Waals surface area (Å²) in [5.41, 5.74) is 5.67. The topological polar surface area (TPSA) is 72.8 Å². The molecule has 0 spiro atoms. The van der Waals surface area contributed by atoms with Crippen LogP contribution in [0, 0.1) is 41.5 Å². The first kappa shape index (κ1) is 23.6. The summed E-state index contributed by atoms with van der Waals surface area (Å²) in [6, 6.07) is 15.8. The van der Waals surface area contributed by atoms with Crippen molar-refractivity contribution < 1.29 is 23.5 Å². The molecule has 0 saturated carbocycles. The van der Waals surface area contributed by atoms with Gasteiger partial charge in [0.2, 0.25) is 0 Å². The molecule has 32 heavy (non-hydrogen) atoms. The molecule has 0 heterocycles. The van der Waals surface area contributed by atoms with Crippen LogP contribution in [0.1, 0.15) is 54.1 Å². The third-order valence-corrected chi connectivity index (χ3v) is 7.35. The molecule has 3 aromatic carbocycles. The summed E-state index contributed by atoms with van der Waals surface area (Å²) in [6.07, 6.45) is 0. The first-order valence-electron chi connectivity index (χ1n) is 10.4. The molecule has 0 radical (unpaired) electrons. The first-order chi connectivity index (χ1) is 15.0. The van der Waals surface area contributed by atoms with Crippen LogP contribution in [0.2, 0.25) is 0 Å². The quantitative estimate of drug-likeness (QED) is 0.528. The molecule has 6 heteroatoms. The maximum atomic E-state index is 13.1. The standard InChI is InChI=1S/C26H29O5P/c1-16-12-18(3)23(19(4)13-16)25(27)30-32(29,22-10-8-7-9-11-22)31-26(28)24-20(5)14-17(2)15-21(24)6/h7-15,29,32H,1-6H3. The predicted molar refractivity (Wildman–Crippen MR) is 129 cm³/mol. The van der Waals surface area contributed by atoms with Crippen LogP contribution in [0.3, 0.4) is 0 Å². The molecule has 3 aromatic rings. The molecule has 0 aromatic heterocycles. The van der Waals surface area contributed by atoms with Crippen molar-refractivity contribution in [1.29, 1.82) is 0 Å². The average Bonchev–Trinajstić information content (AvgIpc) is 2.66. The summed E-state index contributed by atoms with van der Waals surface area (Å²) >= 11 is 0. The van der Waals surface area contributed by atoms with E-state index < -0.39 is 19.9 Å². The second-order valence-electron chi connectivity index (χ2n) is 8.27. The van der Waals surface area contributed by atoms with E-state index >= 15 is 0 Å². The van der Waals surface area contributed by atoms with Gasteiger partial charge in [0.1, 0.15) is 0 Å². The molecule has 0 atom stereocenters. The van der Waals surface area contributed by atoms with Crippen molar-refractivity contribution in [1.82, 2.24) is 0 Å². The van der Waals surface area contributed by atoms with Gasteiger partial charge in [0.15, 0.2) is 0 Å². The average molecular weight is 452 g/mol. The zero-order valence-corrected chi connectivity index (χ0v) is 20.3. The Bertz CT molecular complexity index is 1070. The Labute approximate surface area is 189 Å². The minimum absolute atomic E-state index is 0.270. The SMILES string of the molecule is Cc1cc(C)c(C(=O)O[PH](O)(OC(=O)c2c(C)cc(C)cc2C)c2ccccc2)c(C)c1. The molecule has 0 amide bonds. The second kappa shape index (κ2) is 9.23. The van der Waals surface area contributed by atoms with E-state index in [2.05, 4.69) is 0 Å². The monoisotopic (exact) mass is 452 g/mol. The maximum absolute atomic E-state index is 13.1. The molecule has 0 aliphatic heterocycles. The van der Waals surface area contributed by atoms with Crippen LogP contribution in [0.5, 0.6) is 0 Å². The van der Waals surface area contributed by atoms with Gasteiger partial charge < -0.3 is 0 Å². The number of hydrogen-bond acceptors (Lipinski definition) is 5. The fourth-order valence-electron chi connectivity index (χ4n) is 4.14. The Morgan fingerprint density at radius 1 is 0.656 bits per heavy atom. The Morgan fingerprint density at radius 3 is 1.34 bits per heavy atom. The van der Waals surface area contributed by atoms with Crippen LogP contribution < -0.4 is 5.30 Å². The van der Waals surface area contributed by atoms with Crippen LogP contribution >= 0.6 is 7.94 Å². The minimum atomic E-state index is -4.44. The number of carbonyl (C=O) groups excluding carboxylic acids is 2. The van der Waals surface area contributed by atoms with Crippen LogP contribution in [-0.4, -0.2) is 16.8 Å². The number of carbonyl (C=O) groups is 2. The summed E-state index contributed by atoms with van der Waals surface area (Å²) in [6.45, 7) is 11.1. The number of hydrogen-bond donors (Lipinski definition) is 1. The number of benzene rings is 3. The van der Waals surface area contributed by atoms with Crippen LogP contribution in [0.25, 0.3) is 0 Å². The van der Waals surface area contributed by atoms with E-state index in [1.807, 2.05) is 65.8 Å².